The van der Waals surface area contributed by atoms with Crippen molar-refractivity contribution in [3.8, 4) is 0 Å². The second-order valence-corrected chi connectivity index (χ2v) is 5.02. The SMILES string of the molecule is O=C(C=Cc1ccccc1C(=O)O)c1cccc(Br)c1.[H-].[Na+]. The van der Waals surface area contributed by atoms with E-state index in [4.69, 9.17) is 5.11 Å². The van der Waals surface area contributed by atoms with E-state index < -0.39 is 5.97 Å². The molecule has 0 bridgehead atoms. The number of carboxylic acid groups (broad SMARTS) is 1. The molecule has 5 heteroatoms. The van der Waals surface area contributed by atoms with E-state index in [0.717, 1.165) is 4.47 Å². The Morgan fingerprint density at radius 2 is 1.81 bits per heavy atom. The van der Waals surface area contributed by atoms with Crippen molar-refractivity contribution in [2.24, 2.45) is 0 Å². The van der Waals surface area contributed by atoms with Gasteiger partial charge in [0, 0.05) is 10.0 Å². The Bertz CT molecular complexity index is 701. The maximum Gasteiger partial charge on any atom is 1.00 e. The summed E-state index contributed by atoms with van der Waals surface area (Å²) < 4.78 is 0.822. The average Bonchev–Trinajstić information content (AvgIpc) is 2.45. The van der Waals surface area contributed by atoms with Gasteiger partial charge in [0.25, 0.3) is 0 Å². The summed E-state index contributed by atoms with van der Waals surface area (Å²) in [6.45, 7) is 0. The normalized spacial score (nSPS) is 10.1. The standard InChI is InChI=1S/C16H11BrO3.Na.H/c17-13-6-3-5-12(10-13)15(18)9-8-11-4-1-2-7-14(11)16(19)20;;/h1-10H,(H,19,20);;/q;+1;-1. The van der Waals surface area contributed by atoms with Crippen molar-refractivity contribution < 1.29 is 45.7 Å². The van der Waals surface area contributed by atoms with Crippen LogP contribution in [0.3, 0.4) is 0 Å². The number of carboxylic acids is 1. The van der Waals surface area contributed by atoms with Crippen LogP contribution in [0, 0.1) is 0 Å². The molecule has 0 fully saturated rings. The molecule has 0 saturated carbocycles. The maximum atomic E-state index is 12.0. The number of rotatable bonds is 4. The molecule has 3 nitrogen and oxygen atoms in total. The first kappa shape index (κ1) is 17.9. The van der Waals surface area contributed by atoms with Gasteiger partial charge >= 0.3 is 35.5 Å². The zero-order valence-electron chi connectivity index (χ0n) is 12.4. The summed E-state index contributed by atoms with van der Waals surface area (Å²) >= 11 is 3.30. The number of hydrogen-bond acceptors (Lipinski definition) is 2. The van der Waals surface area contributed by atoms with Crippen LogP contribution in [-0.4, -0.2) is 16.9 Å². The zero-order chi connectivity index (χ0) is 14.5. The van der Waals surface area contributed by atoms with E-state index in [9.17, 15) is 9.59 Å². The number of benzene rings is 2. The van der Waals surface area contributed by atoms with Crippen LogP contribution in [0.4, 0.5) is 0 Å². The van der Waals surface area contributed by atoms with E-state index in [1.54, 1.807) is 36.4 Å². The second-order valence-electron chi connectivity index (χ2n) is 4.10. The molecule has 0 aliphatic carbocycles. The molecule has 0 atom stereocenters. The van der Waals surface area contributed by atoms with E-state index in [0.29, 0.717) is 11.1 Å². The van der Waals surface area contributed by atoms with Gasteiger partial charge in [0.15, 0.2) is 5.78 Å². The number of allylic oxidation sites excluding steroid dienone is 1. The smallest absolute Gasteiger partial charge is 1.00 e. The molecule has 21 heavy (non-hydrogen) atoms. The molecule has 0 radical (unpaired) electrons. The predicted octanol–water partition coefficient (Wildman–Crippen LogP) is 1.16. The Morgan fingerprint density at radius 1 is 1.10 bits per heavy atom. The van der Waals surface area contributed by atoms with Crippen molar-refractivity contribution in [1.29, 1.82) is 0 Å². The number of aromatic carboxylic acids is 1. The van der Waals surface area contributed by atoms with Gasteiger partial charge in [-0.3, -0.25) is 4.79 Å². The summed E-state index contributed by atoms with van der Waals surface area (Å²) in [4.78, 5) is 23.1. The third-order valence-corrected chi connectivity index (χ3v) is 3.21. The molecule has 0 amide bonds. The van der Waals surface area contributed by atoms with Gasteiger partial charge in [-0.1, -0.05) is 52.3 Å². The molecule has 2 aromatic carbocycles. The third-order valence-electron chi connectivity index (χ3n) is 2.71. The third kappa shape index (κ3) is 4.93. The van der Waals surface area contributed by atoms with Gasteiger partial charge in [-0.15, -0.1) is 0 Å². The Hall–Kier alpha value is -1.20. The summed E-state index contributed by atoms with van der Waals surface area (Å²) in [6, 6.07) is 13.6. The van der Waals surface area contributed by atoms with Crippen molar-refractivity contribution in [2.45, 2.75) is 0 Å². The molecule has 0 saturated heterocycles. The second kappa shape index (κ2) is 8.29. The van der Waals surface area contributed by atoms with E-state index in [1.165, 1.54) is 18.2 Å². The number of ketones is 1. The minimum Gasteiger partial charge on any atom is -1.00 e. The summed E-state index contributed by atoms with van der Waals surface area (Å²) in [5.74, 6) is -1.19. The first-order valence-corrected chi connectivity index (χ1v) is 6.67. The van der Waals surface area contributed by atoms with Crippen molar-refractivity contribution in [1.82, 2.24) is 0 Å². The van der Waals surface area contributed by atoms with E-state index >= 15 is 0 Å². The molecule has 0 heterocycles. The summed E-state index contributed by atoms with van der Waals surface area (Å²) in [5, 5.41) is 9.06. The molecule has 102 valence electrons. The molecule has 0 unspecified atom stereocenters. The number of carbonyl (C=O) groups excluding carboxylic acids is 1. The van der Waals surface area contributed by atoms with Crippen molar-refractivity contribution in [2.75, 3.05) is 0 Å². The van der Waals surface area contributed by atoms with Crippen molar-refractivity contribution >= 4 is 33.8 Å². The van der Waals surface area contributed by atoms with Crippen LogP contribution >= 0.6 is 15.9 Å². The monoisotopic (exact) mass is 354 g/mol. The van der Waals surface area contributed by atoms with E-state index in [2.05, 4.69) is 15.9 Å². The molecule has 2 aromatic rings. The van der Waals surface area contributed by atoms with Crippen molar-refractivity contribution in [3.05, 3.63) is 75.8 Å². The molecular weight excluding hydrogens is 343 g/mol. The fraction of sp³-hybridized carbons (Fsp3) is 0. The molecule has 2 rings (SSSR count). The Kier molecular flexibility index (Phi) is 7.05. The Morgan fingerprint density at radius 3 is 2.48 bits per heavy atom. The maximum absolute atomic E-state index is 12.0. The Labute approximate surface area is 154 Å². The first-order chi connectivity index (χ1) is 9.58. The molecule has 0 aromatic heterocycles. The van der Waals surface area contributed by atoms with Crippen LogP contribution in [0.5, 0.6) is 0 Å². The minimum atomic E-state index is -1.01. The van der Waals surface area contributed by atoms with Gasteiger partial charge in [-0.2, -0.15) is 0 Å². The predicted molar refractivity (Wildman–Crippen MR) is 82.0 cm³/mol. The van der Waals surface area contributed by atoms with Crippen LogP contribution in [-0.2, 0) is 0 Å². The van der Waals surface area contributed by atoms with Crippen LogP contribution in [0.25, 0.3) is 6.08 Å². The molecular formula is C16H12BrNaO3. The van der Waals surface area contributed by atoms with E-state index in [1.807, 2.05) is 6.07 Å². The Balaban J connectivity index is 0.00000220. The zero-order valence-corrected chi connectivity index (χ0v) is 15.0. The van der Waals surface area contributed by atoms with Crippen LogP contribution in [0.2, 0.25) is 0 Å². The average molecular weight is 355 g/mol. The van der Waals surface area contributed by atoms with Crippen LogP contribution in [0.1, 0.15) is 27.7 Å². The summed E-state index contributed by atoms with van der Waals surface area (Å²) in [7, 11) is 0. The quantitative estimate of drug-likeness (QED) is 0.509. The summed E-state index contributed by atoms with van der Waals surface area (Å²) in [6.07, 6.45) is 2.90. The molecule has 0 spiro atoms. The number of hydrogen-bond donors (Lipinski definition) is 1. The van der Waals surface area contributed by atoms with Gasteiger partial charge in [-0.05, 0) is 29.8 Å². The fourth-order valence-electron chi connectivity index (χ4n) is 1.74. The largest absolute Gasteiger partial charge is 1.00 e. The number of halogens is 1. The molecule has 0 aliphatic rings. The minimum absolute atomic E-state index is 0. The molecule has 1 N–H and O–H groups in total. The number of carbonyl (C=O) groups is 2. The van der Waals surface area contributed by atoms with E-state index in [-0.39, 0.29) is 42.3 Å². The van der Waals surface area contributed by atoms with Crippen LogP contribution < -0.4 is 29.6 Å². The van der Waals surface area contributed by atoms with Crippen LogP contribution in [0.15, 0.2) is 59.1 Å². The first-order valence-electron chi connectivity index (χ1n) is 5.88. The van der Waals surface area contributed by atoms with Gasteiger partial charge in [0.05, 0.1) is 5.56 Å². The van der Waals surface area contributed by atoms with Gasteiger partial charge < -0.3 is 6.53 Å². The topological polar surface area (TPSA) is 54.4 Å². The van der Waals surface area contributed by atoms with Gasteiger partial charge in [-0.25, -0.2) is 4.79 Å². The summed E-state index contributed by atoms with van der Waals surface area (Å²) in [5.41, 5.74) is 1.22. The fourth-order valence-corrected chi connectivity index (χ4v) is 2.14. The van der Waals surface area contributed by atoms with Gasteiger partial charge in [0.2, 0.25) is 0 Å². The molecule has 0 aliphatic heterocycles. The van der Waals surface area contributed by atoms with Crippen molar-refractivity contribution in [3.63, 3.8) is 0 Å². The van der Waals surface area contributed by atoms with Gasteiger partial charge in [0.1, 0.15) is 0 Å².